The summed E-state index contributed by atoms with van der Waals surface area (Å²) in [6, 6.07) is 5.21. The summed E-state index contributed by atoms with van der Waals surface area (Å²) in [6.45, 7) is 3.72. The third kappa shape index (κ3) is 2.55. The van der Waals surface area contributed by atoms with E-state index in [4.69, 9.17) is 5.73 Å². The Hall–Kier alpha value is -1.62. The van der Waals surface area contributed by atoms with Crippen molar-refractivity contribution in [3.63, 3.8) is 0 Å². The molecule has 5 nitrogen and oxygen atoms in total. The van der Waals surface area contributed by atoms with Crippen molar-refractivity contribution in [1.29, 1.82) is 0 Å². The Kier molecular flexibility index (Phi) is 3.28. The first-order valence-electron chi connectivity index (χ1n) is 5.83. The molecule has 2 rings (SSSR count). The summed E-state index contributed by atoms with van der Waals surface area (Å²) in [5.41, 5.74) is 8.09. The number of nitro benzene ring substituents is 1. The summed E-state index contributed by atoms with van der Waals surface area (Å²) in [7, 11) is 0. The fourth-order valence-corrected chi connectivity index (χ4v) is 2.34. The predicted molar refractivity (Wildman–Crippen MR) is 67.3 cm³/mol. The number of nitrogens with zero attached hydrogens (tertiary/aromatic N) is 2. The molecule has 92 valence electrons. The van der Waals surface area contributed by atoms with Crippen molar-refractivity contribution in [1.82, 2.24) is 0 Å². The molecule has 0 bridgehead atoms. The standard InChI is InChI=1S/C12H17N3O2/c1-9-7-11(15(16)17)4-5-12(9)14-6-2-3-10(13)8-14/h4-5,7,10H,2-3,6,8,13H2,1H3. The van der Waals surface area contributed by atoms with E-state index in [1.165, 1.54) is 0 Å². The molecule has 1 saturated heterocycles. The van der Waals surface area contributed by atoms with Crippen molar-refractivity contribution >= 4 is 11.4 Å². The third-order valence-corrected chi connectivity index (χ3v) is 3.19. The van der Waals surface area contributed by atoms with Gasteiger partial charge in [0, 0.05) is 37.0 Å². The van der Waals surface area contributed by atoms with Gasteiger partial charge in [-0.15, -0.1) is 0 Å². The second kappa shape index (κ2) is 4.71. The Morgan fingerprint density at radius 1 is 1.53 bits per heavy atom. The van der Waals surface area contributed by atoms with Crippen molar-refractivity contribution in [3.05, 3.63) is 33.9 Å². The molecule has 0 aromatic heterocycles. The molecule has 5 heteroatoms. The molecule has 1 fully saturated rings. The quantitative estimate of drug-likeness (QED) is 0.627. The lowest BCUT2D eigenvalue weighted by Crippen LogP contribution is -2.43. The zero-order chi connectivity index (χ0) is 12.4. The van der Waals surface area contributed by atoms with Crippen LogP contribution in [0.2, 0.25) is 0 Å². The van der Waals surface area contributed by atoms with Crippen LogP contribution in [0.3, 0.4) is 0 Å². The number of nitrogens with two attached hydrogens (primary N) is 1. The lowest BCUT2D eigenvalue weighted by atomic mass is 10.0. The Balaban J connectivity index is 2.23. The highest BCUT2D eigenvalue weighted by atomic mass is 16.6. The first kappa shape index (κ1) is 11.9. The van der Waals surface area contributed by atoms with E-state index in [2.05, 4.69) is 4.90 Å². The molecule has 0 saturated carbocycles. The highest BCUT2D eigenvalue weighted by Crippen LogP contribution is 2.26. The summed E-state index contributed by atoms with van der Waals surface area (Å²) in [5.74, 6) is 0. The minimum absolute atomic E-state index is 0.146. The zero-order valence-corrected chi connectivity index (χ0v) is 9.93. The molecule has 2 N–H and O–H groups in total. The molecule has 1 aromatic rings. The van der Waals surface area contributed by atoms with Gasteiger partial charge in [0.1, 0.15) is 0 Å². The van der Waals surface area contributed by atoms with Crippen LogP contribution in [0.1, 0.15) is 18.4 Å². The Morgan fingerprint density at radius 3 is 2.88 bits per heavy atom. The maximum absolute atomic E-state index is 10.7. The molecule has 17 heavy (non-hydrogen) atoms. The maximum atomic E-state index is 10.7. The average molecular weight is 235 g/mol. The number of nitro groups is 1. The number of anilines is 1. The van der Waals surface area contributed by atoms with Crippen LogP contribution in [0.25, 0.3) is 0 Å². The van der Waals surface area contributed by atoms with Crippen molar-refractivity contribution < 1.29 is 4.92 Å². The number of piperidine rings is 1. The highest BCUT2D eigenvalue weighted by molar-refractivity contribution is 5.57. The van der Waals surface area contributed by atoms with Gasteiger partial charge in [0.25, 0.3) is 5.69 Å². The highest BCUT2D eigenvalue weighted by Gasteiger charge is 2.19. The Morgan fingerprint density at radius 2 is 2.29 bits per heavy atom. The Bertz CT molecular complexity index is 434. The predicted octanol–water partition coefficient (Wildman–Crippen LogP) is 1.83. The van der Waals surface area contributed by atoms with Crippen LogP contribution in [0.5, 0.6) is 0 Å². The number of hydrogen-bond donors (Lipinski definition) is 1. The van der Waals surface area contributed by atoms with E-state index in [0.717, 1.165) is 37.2 Å². The minimum atomic E-state index is -0.362. The molecule has 1 aliphatic rings. The second-order valence-electron chi connectivity index (χ2n) is 4.58. The van der Waals surface area contributed by atoms with Crippen LogP contribution >= 0.6 is 0 Å². The number of aryl methyl sites for hydroxylation is 1. The first-order valence-corrected chi connectivity index (χ1v) is 5.83. The van der Waals surface area contributed by atoms with E-state index in [1.54, 1.807) is 12.1 Å². The van der Waals surface area contributed by atoms with Crippen molar-refractivity contribution in [3.8, 4) is 0 Å². The van der Waals surface area contributed by atoms with Gasteiger partial charge < -0.3 is 10.6 Å². The van der Waals surface area contributed by atoms with E-state index in [0.29, 0.717) is 0 Å². The van der Waals surface area contributed by atoms with Gasteiger partial charge in [0.2, 0.25) is 0 Å². The van der Waals surface area contributed by atoms with Crippen LogP contribution in [-0.4, -0.2) is 24.1 Å². The van der Waals surface area contributed by atoms with Crippen molar-refractivity contribution in [2.24, 2.45) is 5.73 Å². The van der Waals surface area contributed by atoms with Crippen LogP contribution in [-0.2, 0) is 0 Å². The smallest absolute Gasteiger partial charge is 0.269 e. The fraction of sp³-hybridized carbons (Fsp3) is 0.500. The average Bonchev–Trinajstić information content (AvgIpc) is 2.28. The molecular weight excluding hydrogens is 218 g/mol. The lowest BCUT2D eigenvalue weighted by molar-refractivity contribution is -0.384. The third-order valence-electron chi connectivity index (χ3n) is 3.19. The second-order valence-corrected chi connectivity index (χ2v) is 4.58. The molecule has 0 spiro atoms. The molecule has 0 amide bonds. The van der Waals surface area contributed by atoms with Crippen LogP contribution < -0.4 is 10.6 Å². The molecule has 1 aliphatic heterocycles. The number of rotatable bonds is 2. The lowest BCUT2D eigenvalue weighted by Gasteiger charge is -2.33. The number of non-ortho nitro benzene ring substituents is 1. The van der Waals surface area contributed by atoms with Crippen LogP contribution in [0.4, 0.5) is 11.4 Å². The molecular formula is C12H17N3O2. The minimum Gasteiger partial charge on any atom is -0.370 e. The van der Waals surface area contributed by atoms with E-state index in [9.17, 15) is 10.1 Å². The van der Waals surface area contributed by atoms with E-state index < -0.39 is 0 Å². The van der Waals surface area contributed by atoms with Crippen molar-refractivity contribution in [2.75, 3.05) is 18.0 Å². The molecule has 1 aromatic carbocycles. The van der Waals surface area contributed by atoms with E-state index >= 15 is 0 Å². The van der Waals surface area contributed by atoms with Crippen LogP contribution in [0.15, 0.2) is 18.2 Å². The summed E-state index contributed by atoms with van der Waals surface area (Å²) in [5, 5.41) is 10.7. The SMILES string of the molecule is Cc1cc([N+](=O)[O-])ccc1N1CCCC(N)C1. The summed E-state index contributed by atoms with van der Waals surface area (Å²) >= 11 is 0. The van der Waals surface area contributed by atoms with Crippen molar-refractivity contribution in [2.45, 2.75) is 25.8 Å². The molecule has 0 aliphatic carbocycles. The first-order chi connectivity index (χ1) is 8.08. The van der Waals surface area contributed by atoms with Gasteiger partial charge in [0.15, 0.2) is 0 Å². The van der Waals surface area contributed by atoms with Gasteiger partial charge in [0.05, 0.1) is 4.92 Å². The topological polar surface area (TPSA) is 72.4 Å². The molecule has 1 heterocycles. The number of benzene rings is 1. The summed E-state index contributed by atoms with van der Waals surface area (Å²) < 4.78 is 0. The van der Waals surface area contributed by atoms with Gasteiger partial charge >= 0.3 is 0 Å². The fourth-order valence-electron chi connectivity index (χ4n) is 2.34. The number of hydrogen-bond acceptors (Lipinski definition) is 4. The maximum Gasteiger partial charge on any atom is 0.269 e. The molecule has 0 radical (unpaired) electrons. The van der Waals surface area contributed by atoms with Gasteiger partial charge in [-0.25, -0.2) is 0 Å². The summed E-state index contributed by atoms with van der Waals surface area (Å²) in [4.78, 5) is 12.5. The van der Waals surface area contributed by atoms with Crippen LogP contribution in [0, 0.1) is 17.0 Å². The zero-order valence-electron chi connectivity index (χ0n) is 9.93. The van der Waals surface area contributed by atoms with E-state index in [1.807, 2.05) is 13.0 Å². The van der Waals surface area contributed by atoms with Gasteiger partial charge in [-0.1, -0.05) is 0 Å². The normalized spacial score (nSPS) is 20.4. The van der Waals surface area contributed by atoms with Gasteiger partial charge in [-0.2, -0.15) is 0 Å². The van der Waals surface area contributed by atoms with Gasteiger partial charge in [-0.3, -0.25) is 10.1 Å². The van der Waals surface area contributed by atoms with Gasteiger partial charge in [-0.05, 0) is 31.4 Å². The summed E-state index contributed by atoms with van der Waals surface area (Å²) in [6.07, 6.45) is 2.14. The van der Waals surface area contributed by atoms with E-state index in [-0.39, 0.29) is 16.7 Å². The monoisotopic (exact) mass is 235 g/mol. The molecule has 1 unspecified atom stereocenters. The largest absolute Gasteiger partial charge is 0.370 e. The Labute approximate surface area is 100 Å². The molecule has 1 atom stereocenters.